The average Bonchev–Trinajstić information content (AvgIpc) is 2.05. The van der Waals surface area contributed by atoms with Crippen molar-refractivity contribution in [2.45, 2.75) is 109 Å². The lowest BCUT2D eigenvalue weighted by Gasteiger charge is -2.44. The van der Waals surface area contributed by atoms with Crippen molar-refractivity contribution in [2.75, 3.05) is 67.1 Å². The largest absolute Gasteiger partial charge is 0.513 e. The first-order valence-electron chi connectivity index (χ1n) is 29.0. The number of phenolic OH excluding ortho intramolecular Hbond substituents is 2. The van der Waals surface area contributed by atoms with Gasteiger partial charge in [-0.3, -0.25) is 9.59 Å². The van der Waals surface area contributed by atoms with Crippen LogP contribution in [0.15, 0.2) is 169 Å². The lowest BCUT2D eigenvalue weighted by atomic mass is 9.83. The number of allylic oxidation sites excluding steroid dienone is 4. The van der Waals surface area contributed by atoms with Gasteiger partial charge in [-0.05, 0) is 213 Å². The molecule has 0 aromatic heterocycles. The zero-order chi connectivity index (χ0) is 58.7. The summed E-state index contributed by atoms with van der Waals surface area (Å²) in [7, 11) is 5.97. The molecule has 5 N–H and O–H groups in total. The van der Waals surface area contributed by atoms with Crippen LogP contribution in [-0.4, -0.2) is 120 Å². The molecule has 2 saturated carbocycles. The highest BCUT2D eigenvalue weighted by Gasteiger charge is 2.57. The Balaban J connectivity index is 0.000000192. The maximum Gasteiger partial charge on any atom is 0.254 e. The summed E-state index contributed by atoms with van der Waals surface area (Å²) in [6.45, 7) is 15.0. The Kier molecular flexibility index (Phi) is 22.6. The van der Waals surface area contributed by atoms with Gasteiger partial charge in [0, 0.05) is 41.8 Å². The number of hydrogen-bond donors (Lipinski definition) is 5. The number of aliphatic hydroxyl groups excluding tert-OH is 1. The van der Waals surface area contributed by atoms with E-state index >= 15 is 0 Å². The van der Waals surface area contributed by atoms with Gasteiger partial charge in [0.2, 0.25) is 0 Å². The number of carbonyl (C=O) groups excluding carboxylic acids is 2. The predicted molar refractivity (Wildman–Crippen MR) is 328 cm³/mol. The van der Waals surface area contributed by atoms with Gasteiger partial charge in [0.1, 0.15) is 42.8 Å². The van der Waals surface area contributed by atoms with Crippen molar-refractivity contribution in [3.05, 3.63) is 214 Å². The minimum Gasteiger partial charge on any atom is -0.513 e. The predicted octanol–water partition coefficient (Wildman–Crippen LogP) is 12.4. The molecule has 2 unspecified atom stereocenters. The maximum absolute atomic E-state index is 13.8. The third kappa shape index (κ3) is 17.0. The second-order valence-corrected chi connectivity index (χ2v) is 22.0. The molecule has 2 heterocycles. The number of aliphatic hydroxyl groups is 1. The Hall–Kier alpha value is -7.58. The molecule has 2 amide bonds. The van der Waals surface area contributed by atoms with Crippen molar-refractivity contribution >= 4 is 11.8 Å². The molecular weight excluding hydrogens is 1030 g/mol. The first kappa shape index (κ1) is 62.0. The van der Waals surface area contributed by atoms with E-state index < -0.39 is 0 Å². The molecule has 6 aromatic rings. The summed E-state index contributed by atoms with van der Waals surface area (Å²) >= 11 is 0. The van der Waals surface area contributed by atoms with Gasteiger partial charge in [0.15, 0.2) is 0 Å². The summed E-state index contributed by atoms with van der Waals surface area (Å²) in [4.78, 5) is 34.0. The molecule has 82 heavy (non-hydrogen) atoms. The van der Waals surface area contributed by atoms with Crippen LogP contribution < -0.4 is 20.1 Å². The number of aromatic hydroxyl groups is 2. The Morgan fingerprint density at radius 2 is 1.06 bits per heavy atom. The lowest BCUT2D eigenvalue weighted by Crippen LogP contribution is -2.49. The van der Waals surface area contributed by atoms with Crippen LogP contribution in [0.2, 0.25) is 0 Å². The standard InChI is InChI=1S/2C29H32N2O3.C7H15NO.C4H8O/c1-30(2)16-17-34-25-11-8-21(9-12-25)18-27-26-13-10-24(32)19-23(26)20-29(14-15-29)31(27)28(33)22-6-4-3-5-7-22;1-2-30-16-17-34-25-11-8-21(9-12-25)18-27-26-13-10-24(32)19-23(26)20-29(14-15-29)31(27)28(33)22-6-4-3-5-7-22;1-4-7(2)9-6-5-8-3;1-3-4(2)5/h3-13,19,27,32H,14-18,20H2,1-2H3;3-13,19,27,30,32H,2,14-18,20H2,1H3;4,8H,5-6H2,1-3H3;3,5H,1-2H3/b;;7-4+;4-3+. The number of likely N-dealkylation sites (N-methyl/N-ethyl adjacent to an activating group) is 3. The van der Waals surface area contributed by atoms with Gasteiger partial charge in [-0.2, -0.15) is 0 Å². The van der Waals surface area contributed by atoms with Gasteiger partial charge < -0.3 is 54.9 Å². The smallest absolute Gasteiger partial charge is 0.254 e. The van der Waals surface area contributed by atoms with Crippen molar-refractivity contribution in [1.82, 2.24) is 25.3 Å². The van der Waals surface area contributed by atoms with Gasteiger partial charge in [-0.1, -0.05) is 91.9 Å². The molecule has 2 aliphatic heterocycles. The van der Waals surface area contributed by atoms with Crippen molar-refractivity contribution < 1.29 is 39.1 Å². The van der Waals surface area contributed by atoms with E-state index in [1.807, 2.05) is 150 Å². The summed E-state index contributed by atoms with van der Waals surface area (Å²) in [6, 6.07) is 46.7. The number of nitrogens with zero attached hydrogens (tertiary/aromatic N) is 3. The Morgan fingerprint density at radius 1 is 0.622 bits per heavy atom. The van der Waals surface area contributed by atoms with Crippen LogP contribution in [0.25, 0.3) is 0 Å². The minimum absolute atomic E-state index is 0.0833. The molecular formula is C69H87N5O8. The van der Waals surface area contributed by atoms with Crippen molar-refractivity contribution in [2.24, 2.45) is 0 Å². The van der Waals surface area contributed by atoms with Crippen LogP contribution in [0.1, 0.15) is 126 Å². The van der Waals surface area contributed by atoms with Crippen molar-refractivity contribution in [1.29, 1.82) is 0 Å². The summed E-state index contributed by atoms with van der Waals surface area (Å²) < 4.78 is 16.9. The van der Waals surface area contributed by atoms with Crippen molar-refractivity contribution in [3.8, 4) is 23.0 Å². The zero-order valence-electron chi connectivity index (χ0n) is 49.5. The van der Waals surface area contributed by atoms with E-state index in [1.165, 1.54) is 0 Å². The second kappa shape index (κ2) is 29.9. The first-order valence-corrected chi connectivity index (χ1v) is 29.0. The van der Waals surface area contributed by atoms with Crippen molar-refractivity contribution in [3.63, 3.8) is 0 Å². The van der Waals surface area contributed by atoms with Gasteiger partial charge in [0.25, 0.3) is 11.8 Å². The van der Waals surface area contributed by atoms with Gasteiger partial charge in [0.05, 0.1) is 23.6 Å². The van der Waals surface area contributed by atoms with Gasteiger partial charge >= 0.3 is 0 Å². The van der Waals surface area contributed by atoms with E-state index in [0.717, 1.165) is 146 Å². The molecule has 13 heteroatoms. The third-order valence-electron chi connectivity index (χ3n) is 15.6. The molecule has 2 spiro atoms. The number of amides is 2. The highest BCUT2D eigenvalue weighted by atomic mass is 16.5. The van der Waals surface area contributed by atoms with Crippen LogP contribution in [0.5, 0.6) is 23.0 Å². The lowest BCUT2D eigenvalue weighted by molar-refractivity contribution is 0.0477. The number of nitrogens with one attached hydrogen (secondary N) is 2. The first-order chi connectivity index (χ1) is 39.6. The van der Waals surface area contributed by atoms with Crippen LogP contribution >= 0.6 is 0 Å². The highest BCUT2D eigenvalue weighted by molar-refractivity contribution is 5.96. The number of fused-ring (bicyclic) bond motifs is 2. The average molecular weight is 1110 g/mol. The number of ether oxygens (including phenoxy) is 3. The number of phenols is 2. The molecule has 2 fully saturated rings. The molecule has 13 nitrogen and oxygen atoms in total. The van der Waals surface area contributed by atoms with Crippen LogP contribution in [0.3, 0.4) is 0 Å². The second-order valence-electron chi connectivity index (χ2n) is 22.0. The molecule has 2 atom stereocenters. The topological polar surface area (TPSA) is 156 Å². The zero-order valence-corrected chi connectivity index (χ0v) is 49.5. The molecule has 4 aliphatic rings. The van der Waals surface area contributed by atoms with E-state index in [-0.39, 0.29) is 46.5 Å². The monoisotopic (exact) mass is 1110 g/mol. The SMILES string of the molecule is C/C=C(\C)O.C/C=C(\C)OCCNC.CCNCCOc1ccc(CC2c3ccc(O)cc3CC3(CC3)N2C(=O)c2ccccc2)cc1.CN(C)CCOc1ccc(CC2c3ccc(O)cc3CC3(CC3)N2C(=O)c2ccccc2)cc1. The Labute approximate surface area is 487 Å². The number of carbonyl (C=O) groups is 2. The molecule has 2 aliphatic carbocycles. The van der Waals surface area contributed by atoms with E-state index in [9.17, 15) is 19.8 Å². The molecule has 10 rings (SSSR count). The fourth-order valence-electron chi connectivity index (χ4n) is 10.7. The number of benzene rings is 6. The van der Waals surface area contributed by atoms with Gasteiger partial charge in [-0.25, -0.2) is 0 Å². The highest BCUT2D eigenvalue weighted by Crippen LogP contribution is 2.55. The van der Waals surface area contributed by atoms with Crippen LogP contribution in [0, 0.1) is 0 Å². The minimum atomic E-state index is -0.159. The summed E-state index contributed by atoms with van der Waals surface area (Å²) in [5.74, 6) is 3.83. The molecule has 0 radical (unpaired) electrons. The number of rotatable bonds is 19. The van der Waals surface area contributed by atoms with E-state index in [0.29, 0.717) is 19.0 Å². The molecule has 6 aromatic carbocycles. The van der Waals surface area contributed by atoms with Gasteiger partial charge in [-0.15, -0.1) is 0 Å². The molecule has 0 bridgehead atoms. The fraction of sp³-hybridized carbons (Fsp3) is 0.391. The Morgan fingerprint density at radius 3 is 1.44 bits per heavy atom. The summed E-state index contributed by atoms with van der Waals surface area (Å²) in [6.07, 6.45) is 10.6. The van der Waals surface area contributed by atoms with Crippen LogP contribution in [-0.2, 0) is 30.4 Å². The third-order valence-corrected chi connectivity index (χ3v) is 15.6. The molecule has 436 valence electrons. The molecule has 0 saturated heterocycles. The van der Waals surface area contributed by atoms with Crippen LogP contribution in [0.4, 0.5) is 0 Å². The fourth-order valence-corrected chi connectivity index (χ4v) is 10.7. The van der Waals surface area contributed by atoms with E-state index in [4.69, 9.17) is 19.3 Å². The normalized spacial score (nSPS) is 16.9. The van der Waals surface area contributed by atoms with E-state index in [1.54, 1.807) is 32.1 Å². The maximum atomic E-state index is 13.8. The summed E-state index contributed by atoms with van der Waals surface area (Å²) in [5, 5.41) is 34.8. The number of hydrogen-bond acceptors (Lipinski definition) is 11. The van der Waals surface area contributed by atoms with E-state index in [2.05, 4.69) is 56.5 Å². The Bertz CT molecular complexity index is 3020. The quantitative estimate of drug-likeness (QED) is 0.0389. The summed E-state index contributed by atoms with van der Waals surface area (Å²) in [5.41, 5.74) is 8.03.